The second kappa shape index (κ2) is 6.90. The van der Waals surface area contributed by atoms with Crippen molar-refractivity contribution in [2.24, 2.45) is 5.41 Å². The highest BCUT2D eigenvalue weighted by Gasteiger charge is 2.34. The highest BCUT2D eigenvalue weighted by molar-refractivity contribution is 6.08. The fourth-order valence-corrected chi connectivity index (χ4v) is 2.98. The Morgan fingerprint density at radius 2 is 1.61 bits per heavy atom. The van der Waals surface area contributed by atoms with Gasteiger partial charge in [-0.05, 0) is 54.1 Å². The van der Waals surface area contributed by atoms with Crippen LogP contribution < -0.4 is 0 Å². The summed E-state index contributed by atoms with van der Waals surface area (Å²) in [5.74, 6) is 0.744. The van der Waals surface area contributed by atoms with Crippen LogP contribution in [0.4, 0.5) is 4.39 Å². The topological polar surface area (TPSA) is 62.5 Å². The molecule has 0 saturated heterocycles. The van der Waals surface area contributed by atoms with Gasteiger partial charge in [0.2, 0.25) is 5.88 Å². The molecule has 0 aliphatic carbocycles. The van der Waals surface area contributed by atoms with Crippen molar-refractivity contribution < 1.29 is 19.4 Å². The molecule has 5 heteroatoms. The Morgan fingerprint density at radius 1 is 1.04 bits per heavy atom. The van der Waals surface area contributed by atoms with Crippen LogP contribution in [0.15, 0.2) is 48.5 Å². The van der Waals surface area contributed by atoms with Gasteiger partial charge in [0, 0.05) is 16.7 Å². The third-order valence-corrected chi connectivity index (χ3v) is 4.44. The van der Waals surface area contributed by atoms with Gasteiger partial charge in [0.1, 0.15) is 5.82 Å². The molecular weight excluding hydrogens is 357 g/mol. The summed E-state index contributed by atoms with van der Waals surface area (Å²) in [7, 11) is 0. The number of carbonyl (C=O) groups is 1. The van der Waals surface area contributed by atoms with Crippen LogP contribution in [0.2, 0.25) is 0 Å². The SMILES string of the molecule is C#Cc1ccc(-n2c(O)c(O)c(C(=O)C(C)(C)C)c2-c2ccc(F)cc2)cc1. The maximum Gasteiger partial charge on any atom is 0.240 e. The molecule has 28 heavy (non-hydrogen) atoms. The summed E-state index contributed by atoms with van der Waals surface area (Å²) in [6.07, 6.45) is 5.39. The molecule has 0 amide bonds. The molecule has 0 radical (unpaired) electrons. The number of carbonyl (C=O) groups excluding carboxylic acids is 1. The Labute approximate surface area is 162 Å². The van der Waals surface area contributed by atoms with Crippen molar-refractivity contribution in [1.82, 2.24) is 4.57 Å². The zero-order chi connectivity index (χ0) is 20.6. The lowest BCUT2D eigenvalue weighted by Gasteiger charge is -2.18. The summed E-state index contributed by atoms with van der Waals surface area (Å²) < 4.78 is 14.8. The van der Waals surface area contributed by atoms with E-state index in [1.807, 2.05) is 0 Å². The van der Waals surface area contributed by atoms with E-state index in [0.29, 0.717) is 16.8 Å². The quantitative estimate of drug-likeness (QED) is 0.504. The van der Waals surface area contributed by atoms with Crippen LogP contribution in [0.1, 0.15) is 36.7 Å². The standard InChI is InChI=1S/C23H20FNO3/c1-5-14-6-12-17(13-7-14)25-19(15-8-10-16(24)11-9-15)18(20(26)22(25)28)21(27)23(2,3)4/h1,6-13,26,28H,2-4H3. The van der Waals surface area contributed by atoms with Crippen LogP contribution >= 0.6 is 0 Å². The van der Waals surface area contributed by atoms with Gasteiger partial charge < -0.3 is 10.2 Å². The lowest BCUT2D eigenvalue weighted by atomic mass is 9.85. The van der Waals surface area contributed by atoms with E-state index in [0.717, 1.165) is 0 Å². The Hall–Kier alpha value is -3.52. The monoisotopic (exact) mass is 377 g/mol. The molecular formula is C23H20FNO3. The van der Waals surface area contributed by atoms with Crippen LogP contribution in [0.25, 0.3) is 16.9 Å². The molecule has 0 fully saturated rings. The number of terminal acetylenes is 1. The van der Waals surface area contributed by atoms with E-state index in [4.69, 9.17) is 6.42 Å². The average molecular weight is 377 g/mol. The van der Waals surface area contributed by atoms with Crippen LogP contribution in [0.3, 0.4) is 0 Å². The second-order valence-corrected chi connectivity index (χ2v) is 7.51. The van der Waals surface area contributed by atoms with Crippen molar-refractivity contribution in [3.05, 3.63) is 65.5 Å². The number of aromatic hydroxyl groups is 2. The Kier molecular flexibility index (Phi) is 4.74. The Bertz CT molecular complexity index is 1080. The molecule has 0 aliphatic heterocycles. The molecule has 0 atom stereocenters. The van der Waals surface area contributed by atoms with Gasteiger partial charge in [-0.3, -0.25) is 9.36 Å². The van der Waals surface area contributed by atoms with E-state index in [1.165, 1.54) is 28.8 Å². The molecule has 0 aliphatic rings. The van der Waals surface area contributed by atoms with E-state index in [1.54, 1.807) is 45.0 Å². The number of rotatable bonds is 3. The van der Waals surface area contributed by atoms with E-state index in [-0.39, 0.29) is 17.0 Å². The summed E-state index contributed by atoms with van der Waals surface area (Å²) in [6.45, 7) is 5.16. The number of ketones is 1. The highest BCUT2D eigenvalue weighted by atomic mass is 19.1. The van der Waals surface area contributed by atoms with Crippen molar-refractivity contribution in [3.63, 3.8) is 0 Å². The predicted octanol–water partition coefficient (Wildman–Crippen LogP) is 4.90. The maximum absolute atomic E-state index is 13.5. The Balaban J connectivity index is 2.37. The summed E-state index contributed by atoms with van der Waals surface area (Å²) in [5.41, 5.74) is 1.08. The van der Waals surface area contributed by atoms with E-state index < -0.39 is 22.9 Å². The van der Waals surface area contributed by atoms with Crippen LogP contribution in [0, 0.1) is 23.6 Å². The molecule has 142 valence electrons. The van der Waals surface area contributed by atoms with Crippen molar-refractivity contribution in [3.8, 4) is 40.9 Å². The van der Waals surface area contributed by atoms with Crippen molar-refractivity contribution >= 4 is 5.78 Å². The number of nitrogens with zero attached hydrogens (tertiary/aromatic N) is 1. The molecule has 1 aromatic heterocycles. The minimum absolute atomic E-state index is 0.0161. The fourth-order valence-electron chi connectivity index (χ4n) is 2.98. The largest absolute Gasteiger partial charge is 0.503 e. The van der Waals surface area contributed by atoms with Gasteiger partial charge in [0.15, 0.2) is 11.5 Å². The molecule has 4 nitrogen and oxygen atoms in total. The highest BCUT2D eigenvalue weighted by Crippen LogP contribution is 2.45. The first-order valence-corrected chi connectivity index (χ1v) is 8.69. The first-order chi connectivity index (χ1) is 13.1. The summed E-state index contributed by atoms with van der Waals surface area (Å²) in [5, 5.41) is 21.3. The van der Waals surface area contributed by atoms with Gasteiger partial charge in [-0.2, -0.15) is 0 Å². The predicted molar refractivity (Wildman–Crippen MR) is 106 cm³/mol. The smallest absolute Gasteiger partial charge is 0.240 e. The lowest BCUT2D eigenvalue weighted by Crippen LogP contribution is -2.20. The molecule has 2 aromatic carbocycles. The van der Waals surface area contributed by atoms with Crippen molar-refractivity contribution in [1.29, 1.82) is 0 Å². The van der Waals surface area contributed by atoms with Gasteiger partial charge >= 0.3 is 0 Å². The van der Waals surface area contributed by atoms with Gasteiger partial charge in [0.25, 0.3) is 0 Å². The van der Waals surface area contributed by atoms with Crippen molar-refractivity contribution in [2.75, 3.05) is 0 Å². The lowest BCUT2D eigenvalue weighted by molar-refractivity contribution is 0.0856. The maximum atomic E-state index is 13.5. The van der Waals surface area contributed by atoms with Crippen LogP contribution in [0.5, 0.6) is 11.6 Å². The average Bonchev–Trinajstić information content (AvgIpc) is 2.92. The molecule has 1 heterocycles. The number of hydrogen-bond donors (Lipinski definition) is 2. The van der Waals surface area contributed by atoms with Crippen LogP contribution in [-0.4, -0.2) is 20.6 Å². The minimum atomic E-state index is -0.807. The molecule has 2 N–H and O–H groups in total. The third kappa shape index (κ3) is 3.25. The third-order valence-electron chi connectivity index (χ3n) is 4.44. The molecule has 0 bridgehead atoms. The van der Waals surface area contributed by atoms with Gasteiger partial charge in [-0.25, -0.2) is 4.39 Å². The summed E-state index contributed by atoms with van der Waals surface area (Å²) in [6, 6.07) is 12.2. The van der Waals surface area contributed by atoms with Gasteiger partial charge in [-0.15, -0.1) is 6.42 Å². The number of benzene rings is 2. The van der Waals surface area contributed by atoms with E-state index in [9.17, 15) is 19.4 Å². The summed E-state index contributed by atoms with van der Waals surface area (Å²) in [4.78, 5) is 13.1. The normalized spacial score (nSPS) is 11.2. The van der Waals surface area contributed by atoms with Crippen molar-refractivity contribution in [2.45, 2.75) is 20.8 Å². The zero-order valence-electron chi connectivity index (χ0n) is 15.8. The summed E-state index contributed by atoms with van der Waals surface area (Å²) >= 11 is 0. The number of hydrogen-bond acceptors (Lipinski definition) is 3. The van der Waals surface area contributed by atoms with Crippen LogP contribution in [-0.2, 0) is 0 Å². The van der Waals surface area contributed by atoms with E-state index >= 15 is 0 Å². The van der Waals surface area contributed by atoms with Gasteiger partial charge in [0.05, 0.1) is 11.3 Å². The fraction of sp³-hybridized carbons (Fsp3) is 0.174. The number of Topliss-reactive ketones (excluding diaryl/α,β-unsaturated/α-hetero) is 1. The molecule has 3 rings (SSSR count). The minimum Gasteiger partial charge on any atom is -0.503 e. The first-order valence-electron chi connectivity index (χ1n) is 8.69. The molecule has 3 aromatic rings. The van der Waals surface area contributed by atoms with Gasteiger partial charge in [-0.1, -0.05) is 26.7 Å². The molecule has 0 saturated carbocycles. The Morgan fingerprint density at radius 3 is 2.11 bits per heavy atom. The zero-order valence-corrected chi connectivity index (χ0v) is 15.8. The number of halogens is 1. The number of aromatic nitrogens is 1. The molecule has 0 unspecified atom stereocenters. The van der Waals surface area contributed by atoms with E-state index in [2.05, 4.69) is 5.92 Å². The second-order valence-electron chi connectivity index (χ2n) is 7.51. The first kappa shape index (κ1) is 19.2. The molecule has 0 spiro atoms.